The number of halogens is 1. The zero-order valence-corrected chi connectivity index (χ0v) is 12.6. The fourth-order valence-electron chi connectivity index (χ4n) is 2.12. The van der Waals surface area contributed by atoms with E-state index in [4.69, 9.17) is 11.6 Å². The number of hydrogen-bond acceptors (Lipinski definition) is 3. The highest BCUT2D eigenvalue weighted by Crippen LogP contribution is 2.21. The monoisotopic (exact) mass is 312 g/mol. The molecule has 0 spiro atoms. The van der Waals surface area contributed by atoms with Crippen LogP contribution in [-0.2, 0) is 0 Å². The van der Waals surface area contributed by atoms with Crippen LogP contribution in [0.4, 0.5) is 0 Å². The number of aromatic nitrogens is 2. The molecule has 2 aromatic heterocycles. The zero-order chi connectivity index (χ0) is 15.7. The number of hydrogen-bond donors (Lipinski definition) is 1. The lowest BCUT2D eigenvalue weighted by molar-refractivity contribution is 0.475. The van der Waals surface area contributed by atoms with Crippen LogP contribution in [0, 0.1) is 6.92 Å². The van der Waals surface area contributed by atoms with Gasteiger partial charge in [0.1, 0.15) is 11.4 Å². The number of aryl methyl sites for hydroxylation is 1. The molecule has 0 saturated carbocycles. The van der Waals surface area contributed by atoms with Crippen molar-refractivity contribution < 1.29 is 5.11 Å². The van der Waals surface area contributed by atoms with Crippen LogP contribution in [0.3, 0.4) is 0 Å². The van der Waals surface area contributed by atoms with Gasteiger partial charge in [0.25, 0.3) is 5.56 Å². The molecule has 0 amide bonds. The minimum atomic E-state index is -0.180. The molecule has 0 saturated heterocycles. The molecule has 3 aromatic rings. The zero-order valence-electron chi connectivity index (χ0n) is 11.8. The van der Waals surface area contributed by atoms with Crippen LogP contribution in [0.2, 0.25) is 0 Å². The number of rotatable bonds is 2. The van der Waals surface area contributed by atoms with Crippen molar-refractivity contribution >= 4 is 28.4 Å². The van der Waals surface area contributed by atoms with Gasteiger partial charge in [-0.2, -0.15) is 0 Å². The quantitative estimate of drug-likeness (QED) is 0.788. The number of phenolic OH excluding ortho intramolecular Hbond substituents is 1. The first kappa shape index (κ1) is 14.4. The third-order valence-electron chi connectivity index (χ3n) is 3.24. The van der Waals surface area contributed by atoms with Crippen molar-refractivity contribution in [1.82, 2.24) is 9.38 Å². The van der Waals surface area contributed by atoms with Gasteiger partial charge in [0.2, 0.25) is 0 Å². The fourth-order valence-corrected chi connectivity index (χ4v) is 2.34. The Hall–Kier alpha value is -2.59. The van der Waals surface area contributed by atoms with Gasteiger partial charge in [0.05, 0.1) is 10.7 Å². The van der Waals surface area contributed by atoms with Crippen molar-refractivity contribution in [3.63, 3.8) is 0 Å². The molecule has 0 atom stereocenters. The van der Waals surface area contributed by atoms with Crippen LogP contribution in [-0.4, -0.2) is 14.5 Å². The predicted octanol–water partition coefficient (Wildman–Crippen LogP) is 3.45. The summed E-state index contributed by atoms with van der Waals surface area (Å²) in [5.74, 6) is 0.186. The Morgan fingerprint density at radius 1 is 1.23 bits per heavy atom. The second-order valence-electron chi connectivity index (χ2n) is 5.00. The van der Waals surface area contributed by atoms with Gasteiger partial charge in [-0.1, -0.05) is 29.8 Å². The van der Waals surface area contributed by atoms with Crippen LogP contribution in [0.1, 0.15) is 16.8 Å². The first-order valence-electron chi connectivity index (χ1n) is 6.69. The van der Waals surface area contributed by atoms with Crippen molar-refractivity contribution in [1.29, 1.82) is 0 Å². The maximum atomic E-state index is 12.2. The van der Waals surface area contributed by atoms with E-state index in [0.717, 1.165) is 11.1 Å². The molecule has 5 heteroatoms. The first-order chi connectivity index (χ1) is 10.5. The first-order valence-corrected chi connectivity index (χ1v) is 7.07. The van der Waals surface area contributed by atoms with Gasteiger partial charge in [0.15, 0.2) is 0 Å². The molecule has 110 valence electrons. The molecule has 0 fully saturated rings. The van der Waals surface area contributed by atoms with E-state index < -0.39 is 0 Å². The molecule has 2 heterocycles. The van der Waals surface area contributed by atoms with E-state index in [0.29, 0.717) is 16.4 Å². The summed E-state index contributed by atoms with van der Waals surface area (Å²) in [7, 11) is 0. The van der Waals surface area contributed by atoms with E-state index in [2.05, 4.69) is 4.98 Å². The van der Waals surface area contributed by atoms with Gasteiger partial charge in [-0.15, -0.1) is 0 Å². The summed E-state index contributed by atoms with van der Waals surface area (Å²) < 4.78 is 1.49. The Balaban J connectivity index is 2.07. The maximum absolute atomic E-state index is 12.2. The second kappa shape index (κ2) is 5.66. The van der Waals surface area contributed by atoms with Crippen molar-refractivity contribution in [2.75, 3.05) is 0 Å². The Kier molecular flexibility index (Phi) is 3.69. The Labute approximate surface area is 132 Å². The summed E-state index contributed by atoms with van der Waals surface area (Å²) in [5, 5.41) is 9.64. The standard InChI is InChI=1S/C17H13ClN2O2/c1-11-2-7-16-19-15(9-17(22)20(16)10-11)14(18)8-12-3-5-13(21)6-4-12/h2-10,21H,1H3/b14-8-. The number of benzene rings is 1. The van der Waals surface area contributed by atoms with E-state index >= 15 is 0 Å². The SMILES string of the molecule is Cc1ccc2nc(/C(Cl)=C/c3ccc(O)cc3)cc(=O)n2c1. The minimum Gasteiger partial charge on any atom is -0.508 e. The third kappa shape index (κ3) is 2.87. The van der Waals surface area contributed by atoms with Crippen LogP contribution in [0.15, 0.2) is 53.5 Å². The van der Waals surface area contributed by atoms with Crippen LogP contribution in [0.25, 0.3) is 16.8 Å². The summed E-state index contributed by atoms with van der Waals surface area (Å²) in [6.45, 7) is 1.91. The molecule has 0 unspecified atom stereocenters. The van der Waals surface area contributed by atoms with Crippen molar-refractivity contribution in [3.8, 4) is 5.75 Å². The number of nitrogens with zero attached hydrogens (tertiary/aromatic N) is 2. The highest BCUT2D eigenvalue weighted by molar-refractivity contribution is 6.51. The van der Waals surface area contributed by atoms with Gasteiger partial charge in [0, 0.05) is 12.3 Å². The number of fused-ring (bicyclic) bond motifs is 1. The van der Waals surface area contributed by atoms with Crippen LogP contribution >= 0.6 is 11.6 Å². The molecule has 0 bridgehead atoms. The fraction of sp³-hybridized carbons (Fsp3) is 0.0588. The van der Waals surface area contributed by atoms with Gasteiger partial charge < -0.3 is 5.11 Å². The molecule has 4 nitrogen and oxygen atoms in total. The largest absolute Gasteiger partial charge is 0.508 e. The lowest BCUT2D eigenvalue weighted by Gasteiger charge is -2.04. The normalized spacial score (nSPS) is 11.8. The van der Waals surface area contributed by atoms with Crippen molar-refractivity contribution in [2.45, 2.75) is 6.92 Å². The molecule has 1 N–H and O–H groups in total. The number of phenols is 1. The van der Waals surface area contributed by atoms with Crippen molar-refractivity contribution in [3.05, 3.63) is 75.8 Å². The summed E-state index contributed by atoms with van der Waals surface area (Å²) in [6.07, 6.45) is 3.44. The summed E-state index contributed by atoms with van der Waals surface area (Å²) >= 11 is 6.27. The lowest BCUT2D eigenvalue weighted by atomic mass is 10.2. The highest BCUT2D eigenvalue weighted by atomic mass is 35.5. The molecule has 1 aromatic carbocycles. The molecule has 0 aliphatic rings. The summed E-state index contributed by atoms with van der Waals surface area (Å²) in [5.41, 5.74) is 2.58. The van der Waals surface area contributed by atoms with E-state index in [1.165, 1.54) is 10.5 Å². The molecule has 3 rings (SSSR count). The maximum Gasteiger partial charge on any atom is 0.258 e. The Bertz CT molecular complexity index is 928. The van der Waals surface area contributed by atoms with E-state index in [1.54, 1.807) is 42.6 Å². The van der Waals surface area contributed by atoms with Gasteiger partial charge in [-0.05, 0) is 42.3 Å². The van der Waals surface area contributed by atoms with Crippen molar-refractivity contribution in [2.24, 2.45) is 0 Å². The topological polar surface area (TPSA) is 54.6 Å². The molecule has 0 radical (unpaired) electrons. The molecular formula is C17H13ClN2O2. The molecule has 22 heavy (non-hydrogen) atoms. The van der Waals surface area contributed by atoms with Gasteiger partial charge >= 0.3 is 0 Å². The predicted molar refractivity (Wildman–Crippen MR) is 88.0 cm³/mol. The molecule has 0 aliphatic carbocycles. The second-order valence-corrected chi connectivity index (χ2v) is 5.41. The smallest absolute Gasteiger partial charge is 0.258 e. The van der Waals surface area contributed by atoms with E-state index in [9.17, 15) is 9.90 Å². The van der Waals surface area contributed by atoms with Gasteiger partial charge in [-0.3, -0.25) is 9.20 Å². The summed E-state index contributed by atoms with van der Waals surface area (Å²) in [6, 6.07) is 11.7. The highest BCUT2D eigenvalue weighted by Gasteiger charge is 2.06. The lowest BCUT2D eigenvalue weighted by Crippen LogP contribution is -2.15. The minimum absolute atomic E-state index is 0.180. The Morgan fingerprint density at radius 2 is 1.95 bits per heavy atom. The summed E-state index contributed by atoms with van der Waals surface area (Å²) in [4.78, 5) is 16.6. The average Bonchev–Trinajstić information content (AvgIpc) is 2.50. The molecule has 0 aliphatic heterocycles. The number of pyridine rings is 1. The number of aromatic hydroxyl groups is 1. The third-order valence-corrected chi connectivity index (χ3v) is 3.54. The van der Waals surface area contributed by atoms with Crippen LogP contribution < -0.4 is 5.56 Å². The molecular weight excluding hydrogens is 300 g/mol. The average molecular weight is 313 g/mol. The van der Waals surface area contributed by atoms with Gasteiger partial charge in [-0.25, -0.2) is 4.98 Å². The van der Waals surface area contributed by atoms with Crippen LogP contribution in [0.5, 0.6) is 5.75 Å². The Morgan fingerprint density at radius 3 is 2.68 bits per heavy atom. The van der Waals surface area contributed by atoms with E-state index in [-0.39, 0.29) is 11.3 Å². The van der Waals surface area contributed by atoms with E-state index in [1.807, 2.05) is 13.0 Å².